The summed E-state index contributed by atoms with van der Waals surface area (Å²) < 4.78 is 2.11. The molecule has 0 radical (unpaired) electrons. The van der Waals surface area contributed by atoms with Crippen LogP contribution < -0.4 is 5.32 Å². The molecule has 1 N–H and O–H groups in total. The lowest BCUT2D eigenvalue weighted by molar-refractivity contribution is -0.122. The summed E-state index contributed by atoms with van der Waals surface area (Å²) >= 11 is 1.76. The maximum Gasteiger partial charge on any atom is 0.220 e. The molecule has 1 atom stereocenters. The molecule has 3 rings (SSSR count). The highest BCUT2D eigenvalue weighted by Crippen LogP contribution is 2.15. The summed E-state index contributed by atoms with van der Waals surface area (Å²) in [5.74, 6) is 2.13. The van der Waals surface area contributed by atoms with Crippen LogP contribution in [0.1, 0.15) is 35.8 Å². The molecular weight excluding hydrogens is 284 g/mol. The molecule has 5 nitrogen and oxygen atoms in total. The first-order valence-electron chi connectivity index (χ1n) is 7.43. The van der Waals surface area contributed by atoms with Crippen LogP contribution in [-0.2, 0) is 24.2 Å². The van der Waals surface area contributed by atoms with E-state index in [1.54, 1.807) is 11.3 Å². The molecular formula is C15H20N4OS. The fourth-order valence-corrected chi connectivity index (χ4v) is 3.51. The van der Waals surface area contributed by atoms with Gasteiger partial charge in [-0.25, -0.2) is 0 Å². The van der Waals surface area contributed by atoms with Crippen molar-refractivity contribution in [3.8, 4) is 0 Å². The fourth-order valence-electron chi connectivity index (χ4n) is 2.76. The molecule has 6 heteroatoms. The Balaban J connectivity index is 1.44. The van der Waals surface area contributed by atoms with Crippen molar-refractivity contribution in [2.24, 2.45) is 0 Å². The zero-order valence-electron chi connectivity index (χ0n) is 12.2. The standard InChI is InChI=1S/C15H20N4OS/c1-11-17-18-14-8-7-12(10-19(11)14)16-15(20)6-2-4-13-5-3-9-21-13/h3,5,9,12H,2,4,6-8,10H2,1H3,(H,16,20). The molecule has 0 saturated heterocycles. The molecule has 2 aromatic heterocycles. The molecule has 0 aliphatic carbocycles. The van der Waals surface area contributed by atoms with Crippen LogP contribution in [0.25, 0.3) is 0 Å². The van der Waals surface area contributed by atoms with Gasteiger partial charge in [-0.15, -0.1) is 21.5 Å². The minimum Gasteiger partial charge on any atom is -0.352 e. The quantitative estimate of drug-likeness (QED) is 0.920. The van der Waals surface area contributed by atoms with E-state index in [2.05, 4.69) is 37.6 Å². The smallest absolute Gasteiger partial charge is 0.220 e. The number of amides is 1. The number of aromatic nitrogens is 3. The van der Waals surface area contributed by atoms with Crippen LogP contribution in [0.5, 0.6) is 0 Å². The Kier molecular flexibility index (Phi) is 4.34. The van der Waals surface area contributed by atoms with E-state index < -0.39 is 0 Å². The predicted octanol–water partition coefficient (Wildman–Crippen LogP) is 2.10. The third kappa shape index (κ3) is 3.50. The van der Waals surface area contributed by atoms with E-state index in [-0.39, 0.29) is 11.9 Å². The third-order valence-electron chi connectivity index (χ3n) is 3.90. The number of thiophene rings is 1. The van der Waals surface area contributed by atoms with Crippen molar-refractivity contribution in [1.29, 1.82) is 0 Å². The third-order valence-corrected chi connectivity index (χ3v) is 4.84. The van der Waals surface area contributed by atoms with Gasteiger partial charge < -0.3 is 9.88 Å². The van der Waals surface area contributed by atoms with Gasteiger partial charge in [0.2, 0.25) is 5.91 Å². The Morgan fingerprint density at radius 3 is 3.24 bits per heavy atom. The van der Waals surface area contributed by atoms with Crippen molar-refractivity contribution in [2.45, 2.75) is 51.6 Å². The van der Waals surface area contributed by atoms with E-state index in [1.165, 1.54) is 4.88 Å². The first kappa shape index (κ1) is 14.3. The number of hydrogen-bond acceptors (Lipinski definition) is 4. The van der Waals surface area contributed by atoms with E-state index in [0.717, 1.165) is 43.9 Å². The number of aryl methyl sites for hydroxylation is 3. The van der Waals surface area contributed by atoms with Crippen LogP contribution in [0.3, 0.4) is 0 Å². The van der Waals surface area contributed by atoms with Gasteiger partial charge in [-0.1, -0.05) is 6.07 Å². The van der Waals surface area contributed by atoms with Crippen LogP contribution in [0.2, 0.25) is 0 Å². The minimum atomic E-state index is 0.158. The first-order valence-corrected chi connectivity index (χ1v) is 8.31. The van der Waals surface area contributed by atoms with Gasteiger partial charge in [-0.05, 0) is 37.6 Å². The van der Waals surface area contributed by atoms with E-state index >= 15 is 0 Å². The van der Waals surface area contributed by atoms with Crippen LogP contribution in [-0.4, -0.2) is 26.7 Å². The zero-order chi connectivity index (χ0) is 14.7. The van der Waals surface area contributed by atoms with Crippen LogP contribution in [0.15, 0.2) is 17.5 Å². The molecule has 1 aliphatic heterocycles. The molecule has 0 bridgehead atoms. The maximum absolute atomic E-state index is 12.0. The second-order valence-electron chi connectivity index (χ2n) is 5.51. The number of nitrogens with one attached hydrogen (secondary N) is 1. The molecule has 3 heterocycles. The van der Waals surface area contributed by atoms with Gasteiger partial charge in [0, 0.05) is 30.3 Å². The fraction of sp³-hybridized carbons (Fsp3) is 0.533. The molecule has 112 valence electrons. The van der Waals surface area contributed by atoms with Crippen molar-refractivity contribution >= 4 is 17.2 Å². The summed E-state index contributed by atoms with van der Waals surface area (Å²) in [6.45, 7) is 2.76. The van der Waals surface area contributed by atoms with E-state index in [0.29, 0.717) is 6.42 Å². The lowest BCUT2D eigenvalue weighted by Gasteiger charge is -2.24. The Morgan fingerprint density at radius 2 is 2.43 bits per heavy atom. The summed E-state index contributed by atoms with van der Waals surface area (Å²) in [7, 11) is 0. The largest absolute Gasteiger partial charge is 0.352 e. The predicted molar refractivity (Wildman–Crippen MR) is 82.3 cm³/mol. The minimum absolute atomic E-state index is 0.158. The summed E-state index contributed by atoms with van der Waals surface area (Å²) in [5, 5.41) is 13.5. The van der Waals surface area contributed by atoms with Gasteiger partial charge >= 0.3 is 0 Å². The Bertz CT molecular complexity index is 605. The number of fused-ring (bicyclic) bond motifs is 1. The molecule has 0 spiro atoms. The van der Waals surface area contributed by atoms with Crippen molar-refractivity contribution in [1.82, 2.24) is 20.1 Å². The topological polar surface area (TPSA) is 59.8 Å². The van der Waals surface area contributed by atoms with Crippen molar-refractivity contribution in [2.75, 3.05) is 0 Å². The maximum atomic E-state index is 12.0. The second kappa shape index (κ2) is 6.39. The number of carbonyl (C=O) groups excluding carboxylic acids is 1. The van der Waals surface area contributed by atoms with Gasteiger partial charge in [0.1, 0.15) is 11.6 Å². The van der Waals surface area contributed by atoms with Gasteiger partial charge in [0.05, 0.1) is 0 Å². The van der Waals surface area contributed by atoms with Crippen LogP contribution in [0.4, 0.5) is 0 Å². The van der Waals surface area contributed by atoms with Crippen molar-refractivity contribution in [3.63, 3.8) is 0 Å². The molecule has 0 aromatic carbocycles. The average Bonchev–Trinajstić information content (AvgIpc) is 3.10. The number of rotatable bonds is 5. The molecule has 1 aliphatic rings. The molecule has 0 fully saturated rings. The monoisotopic (exact) mass is 304 g/mol. The number of carbonyl (C=O) groups is 1. The van der Waals surface area contributed by atoms with E-state index in [4.69, 9.17) is 0 Å². The molecule has 2 aromatic rings. The molecule has 21 heavy (non-hydrogen) atoms. The Morgan fingerprint density at radius 1 is 1.52 bits per heavy atom. The summed E-state index contributed by atoms with van der Waals surface area (Å²) in [6, 6.07) is 4.39. The van der Waals surface area contributed by atoms with Gasteiger partial charge in [0.15, 0.2) is 0 Å². The SMILES string of the molecule is Cc1nnc2n1CC(NC(=O)CCCc1cccs1)CC2. The van der Waals surface area contributed by atoms with Gasteiger partial charge in [-0.3, -0.25) is 4.79 Å². The number of nitrogens with zero attached hydrogens (tertiary/aromatic N) is 3. The highest BCUT2D eigenvalue weighted by molar-refractivity contribution is 7.09. The second-order valence-corrected chi connectivity index (χ2v) is 6.54. The van der Waals surface area contributed by atoms with E-state index in [9.17, 15) is 4.79 Å². The van der Waals surface area contributed by atoms with Crippen LogP contribution in [0, 0.1) is 6.92 Å². The van der Waals surface area contributed by atoms with Gasteiger partial charge in [-0.2, -0.15) is 0 Å². The highest BCUT2D eigenvalue weighted by atomic mass is 32.1. The first-order chi connectivity index (χ1) is 10.2. The molecule has 1 unspecified atom stereocenters. The van der Waals surface area contributed by atoms with Crippen LogP contribution >= 0.6 is 11.3 Å². The van der Waals surface area contributed by atoms with E-state index in [1.807, 2.05) is 6.92 Å². The normalized spacial score (nSPS) is 17.5. The average molecular weight is 304 g/mol. The summed E-state index contributed by atoms with van der Waals surface area (Å²) in [5.41, 5.74) is 0. The highest BCUT2D eigenvalue weighted by Gasteiger charge is 2.22. The van der Waals surface area contributed by atoms with Crippen molar-refractivity contribution < 1.29 is 4.79 Å². The zero-order valence-corrected chi connectivity index (χ0v) is 13.0. The summed E-state index contributed by atoms with van der Waals surface area (Å²) in [6.07, 6.45) is 4.35. The van der Waals surface area contributed by atoms with Crippen molar-refractivity contribution in [3.05, 3.63) is 34.0 Å². The summed E-state index contributed by atoms with van der Waals surface area (Å²) in [4.78, 5) is 13.4. The Labute approximate surface area is 128 Å². The lowest BCUT2D eigenvalue weighted by atomic mass is 10.1. The molecule has 0 saturated carbocycles. The lowest BCUT2D eigenvalue weighted by Crippen LogP contribution is -2.41. The van der Waals surface area contributed by atoms with Gasteiger partial charge in [0.25, 0.3) is 0 Å². The number of hydrogen-bond donors (Lipinski definition) is 1. The molecule has 1 amide bonds. The Hall–Kier alpha value is -1.69.